The summed E-state index contributed by atoms with van der Waals surface area (Å²) in [5, 5.41) is 9.97. The number of rotatable bonds is 5. The van der Waals surface area contributed by atoms with Crippen molar-refractivity contribution < 1.29 is 19.4 Å². The Hall–Kier alpha value is -1.18. The minimum atomic E-state index is -1.09. The molecule has 0 radical (unpaired) electrons. The lowest BCUT2D eigenvalue weighted by Gasteiger charge is -2.17. The molecule has 2 rings (SSSR count). The molecule has 0 saturated carbocycles. The lowest BCUT2D eigenvalue weighted by Crippen LogP contribution is -2.31. The Kier molecular flexibility index (Phi) is 4.95. The van der Waals surface area contributed by atoms with Gasteiger partial charge in [0.05, 0.1) is 11.1 Å². The minimum Gasteiger partial charge on any atom is -0.478 e. The third-order valence-electron chi connectivity index (χ3n) is 2.60. The van der Waals surface area contributed by atoms with Crippen molar-refractivity contribution in [3.05, 3.63) is 33.3 Å². The van der Waals surface area contributed by atoms with Gasteiger partial charge in [-0.2, -0.15) is 0 Å². The van der Waals surface area contributed by atoms with Crippen LogP contribution in [0, 0.1) is 0 Å². The Bertz CT molecular complexity index is 648. The Balaban J connectivity index is 2.50. The number of hydrogen-bond donors (Lipinski definition) is 1. The van der Waals surface area contributed by atoms with Crippen molar-refractivity contribution in [2.24, 2.45) is 0 Å². The topological polar surface area (TPSA) is 68.7 Å². The molecule has 1 aromatic heterocycles. The molecule has 0 saturated heterocycles. The molecular formula is C13H11Br2NO4. The number of hydrogen-bond acceptors (Lipinski definition) is 4. The Morgan fingerprint density at radius 3 is 2.85 bits per heavy atom. The third kappa shape index (κ3) is 3.11. The summed E-state index contributed by atoms with van der Waals surface area (Å²) >= 11 is 6.81. The molecule has 5 nitrogen and oxygen atoms in total. The molecule has 1 N–H and O–H groups in total. The highest BCUT2D eigenvalue weighted by Crippen LogP contribution is 2.37. The van der Waals surface area contributed by atoms with Gasteiger partial charge in [0.2, 0.25) is 6.10 Å². The lowest BCUT2D eigenvalue weighted by molar-refractivity contribution is -0.147. The standard InChI is InChI=1S/C13H11Br2NO4/c1-19-6-10(13(17)18)20-12-9(15)5-8(14)7-3-2-4-16-11(7)12/h2-5,10H,6H2,1H3,(H,17,18). The summed E-state index contributed by atoms with van der Waals surface area (Å²) in [6, 6.07) is 5.47. The Morgan fingerprint density at radius 2 is 2.20 bits per heavy atom. The van der Waals surface area contributed by atoms with Gasteiger partial charge in [0.15, 0.2) is 5.75 Å². The second-order valence-corrected chi connectivity index (χ2v) is 5.68. The van der Waals surface area contributed by atoms with Gasteiger partial charge in [-0.3, -0.25) is 4.98 Å². The number of aliphatic carboxylic acids is 1. The maximum Gasteiger partial charge on any atom is 0.347 e. The zero-order valence-electron chi connectivity index (χ0n) is 10.5. The van der Waals surface area contributed by atoms with Crippen molar-refractivity contribution >= 4 is 48.7 Å². The highest BCUT2D eigenvalue weighted by molar-refractivity contribution is 9.11. The van der Waals surface area contributed by atoms with E-state index in [1.807, 2.05) is 6.07 Å². The highest BCUT2D eigenvalue weighted by atomic mass is 79.9. The number of halogens is 2. The predicted octanol–water partition coefficient (Wildman–Crippen LogP) is 3.24. The summed E-state index contributed by atoms with van der Waals surface area (Å²) in [5.74, 6) is -0.709. The molecule has 7 heteroatoms. The smallest absolute Gasteiger partial charge is 0.347 e. The van der Waals surface area contributed by atoms with E-state index < -0.39 is 12.1 Å². The van der Waals surface area contributed by atoms with Gasteiger partial charge in [0.25, 0.3) is 0 Å². The number of nitrogens with zero attached hydrogens (tertiary/aromatic N) is 1. The van der Waals surface area contributed by atoms with E-state index in [0.29, 0.717) is 15.7 Å². The molecule has 2 aromatic rings. The van der Waals surface area contributed by atoms with E-state index in [1.165, 1.54) is 7.11 Å². The van der Waals surface area contributed by atoms with E-state index in [-0.39, 0.29) is 6.61 Å². The normalized spacial score (nSPS) is 12.3. The van der Waals surface area contributed by atoms with Crippen molar-refractivity contribution in [2.45, 2.75) is 6.10 Å². The fourth-order valence-corrected chi connectivity index (χ4v) is 3.07. The Labute approximate surface area is 132 Å². The number of ether oxygens (including phenoxy) is 2. The first-order valence-corrected chi connectivity index (χ1v) is 7.24. The van der Waals surface area contributed by atoms with Crippen LogP contribution in [0.3, 0.4) is 0 Å². The SMILES string of the molecule is COCC(Oc1c(Br)cc(Br)c2cccnc12)C(=O)O. The zero-order valence-corrected chi connectivity index (χ0v) is 13.6. The second kappa shape index (κ2) is 6.51. The first-order valence-electron chi connectivity index (χ1n) is 5.65. The van der Waals surface area contributed by atoms with Crippen molar-refractivity contribution in [3.63, 3.8) is 0 Å². The molecule has 20 heavy (non-hydrogen) atoms. The average molecular weight is 405 g/mol. The van der Waals surface area contributed by atoms with Gasteiger partial charge in [0, 0.05) is 23.2 Å². The van der Waals surface area contributed by atoms with Crippen LogP contribution in [0.25, 0.3) is 10.9 Å². The van der Waals surface area contributed by atoms with E-state index in [4.69, 9.17) is 14.6 Å². The van der Waals surface area contributed by atoms with Crippen LogP contribution in [0.15, 0.2) is 33.3 Å². The molecular weight excluding hydrogens is 394 g/mol. The maximum absolute atomic E-state index is 11.2. The van der Waals surface area contributed by atoms with E-state index in [2.05, 4.69) is 36.8 Å². The molecule has 1 heterocycles. The van der Waals surface area contributed by atoms with Gasteiger partial charge in [-0.1, -0.05) is 22.0 Å². The molecule has 0 aliphatic heterocycles. The summed E-state index contributed by atoms with van der Waals surface area (Å²) in [6.45, 7) is -0.0494. The quantitative estimate of drug-likeness (QED) is 0.828. The van der Waals surface area contributed by atoms with Gasteiger partial charge in [-0.05, 0) is 28.1 Å². The number of benzene rings is 1. The van der Waals surface area contributed by atoms with Crippen LogP contribution >= 0.6 is 31.9 Å². The number of pyridine rings is 1. The molecule has 0 spiro atoms. The molecule has 1 aromatic carbocycles. The number of carboxylic acids is 1. The number of methoxy groups -OCH3 is 1. The molecule has 1 unspecified atom stereocenters. The number of carboxylic acid groups (broad SMARTS) is 1. The van der Waals surface area contributed by atoms with E-state index in [1.54, 1.807) is 18.3 Å². The fraction of sp³-hybridized carbons (Fsp3) is 0.231. The van der Waals surface area contributed by atoms with Crippen LogP contribution in [0.2, 0.25) is 0 Å². The van der Waals surface area contributed by atoms with Gasteiger partial charge in [-0.15, -0.1) is 0 Å². The van der Waals surface area contributed by atoms with E-state index >= 15 is 0 Å². The molecule has 0 aliphatic rings. The summed E-state index contributed by atoms with van der Waals surface area (Å²) in [7, 11) is 1.42. The second-order valence-electron chi connectivity index (χ2n) is 3.97. The van der Waals surface area contributed by atoms with Crippen LogP contribution in [-0.4, -0.2) is 35.9 Å². The number of carbonyl (C=O) groups is 1. The molecule has 0 amide bonds. The first kappa shape index (κ1) is 15.2. The monoisotopic (exact) mass is 403 g/mol. The van der Waals surface area contributed by atoms with E-state index in [9.17, 15) is 4.79 Å². The lowest BCUT2D eigenvalue weighted by atomic mass is 10.2. The number of aromatic nitrogens is 1. The van der Waals surface area contributed by atoms with Crippen LogP contribution in [0.5, 0.6) is 5.75 Å². The minimum absolute atomic E-state index is 0.0494. The molecule has 0 aliphatic carbocycles. The first-order chi connectivity index (χ1) is 9.54. The predicted molar refractivity (Wildman–Crippen MR) is 81.1 cm³/mol. The van der Waals surface area contributed by atoms with E-state index in [0.717, 1.165) is 9.86 Å². The van der Waals surface area contributed by atoms with Crippen LogP contribution in [0.1, 0.15) is 0 Å². The Morgan fingerprint density at radius 1 is 1.45 bits per heavy atom. The fourth-order valence-electron chi connectivity index (χ4n) is 1.71. The summed E-state index contributed by atoms with van der Waals surface area (Å²) < 4.78 is 11.9. The largest absolute Gasteiger partial charge is 0.478 e. The average Bonchev–Trinajstić information content (AvgIpc) is 2.42. The maximum atomic E-state index is 11.2. The number of fused-ring (bicyclic) bond motifs is 1. The molecule has 0 bridgehead atoms. The molecule has 1 atom stereocenters. The van der Waals surface area contributed by atoms with Crippen molar-refractivity contribution in [3.8, 4) is 5.75 Å². The summed E-state index contributed by atoms with van der Waals surface area (Å²) in [4.78, 5) is 15.4. The van der Waals surface area contributed by atoms with Crippen LogP contribution < -0.4 is 4.74 Å². The zero-order chi connectivity index (χ0) is 14.7. The van der Waals surface area contributed by atoms with Crippen molar-refractivity contribution in [1.29, 1.82) is 0 Å². The third-order valence-corrected chi connectivity index (χ3v) is 3.85. The summed E-state index contributed by atoms with van der Waals surface area (Å²) in [5.41, 5.74) is 0.580. The van der Waals surface area contributed by atoms with Gasteiger partial charge in [-0.25, -0.2) is 4.79 Å². The van der Waals surface area contributed by atoms with Gasteiger partial charge >= 0.3 is 5.97 Å². The van der Waals surface area contributed by atoms with Crippen LogP contribution in [0.4, 0.5) is 0 Å². The summed E-state index contributed by atoms with van der Waals surface area (Å²) in [6.07, 6.45) is 0.530. The van der Waals surface area contributed by atoms with Crippen LogP contribution in [-0.2, 0) is 9.53 Å². The highest BCUT2D eigenvalue weighted by Gasteiger charge is 2.22. The molecule has 0 fully saturated rings. The molecule has 106 valence electrons. The van der Waals surface area contributed by atoms with Crippen molar-refractivity contribution in [1.82, 2.24) is 4.98 Å². The van der Waals surface area contributed by atoms with Crippen molar-refractivity contribution in [2.75, 3.05) is 13.7 Å². The van der Waals surface area contributed by atoms with Gasteiger partial charge in [0.1, 0.15) is 5.52 Å². The van der Waals surface area contributed by atoms with Gasteiger partial charge < -0.3 is 14.6 Å².